The molecule has 1 aromatic carbocycles. The van der Waals surface area contributed by atoms with Gasteiger partial charge in [-0.05, 0) is 36.5 Å². The Morgan fingerprint density at radius 1 is 1.38 bits per heavy atom. The molecule has 2 aliphatic rings. The number of amides is 1. The molecule has 0 spiro atoms. The highest BCUT2D eigenvalue weighted by Gasteiger charge is 2.32. The zero-order valence-electron chi connectivity index (χ0n) is 13.7. The number of rotatable bonds is 6. The standard InChI is InChI=1S/C18H24ClFN2O2/c19-16-7-12(8-20)5-6-15(16)18(24)21-17(13-3-1-2-4-13)11-22-9-14(23)10-22/h5-7,13-14,17,23H,1-4,8-11H2,(H,21,24). The predicted octanol–water partition coefficient (Wildman–Crippen LogP) is 2.77. The minimum absolute atomic E-state index is 0.0596. The van der Waals surface area contributed by atoms with Gasteiger partial charge < -0.3 is 10.4 Å². The number of halogens is 2. The molecule has 0 radical (unpaired) electrons. The lowest BCUT2D eigenvalue weighted by Gasteiger charge is -2.39. The quantitative estimate of drug-likeness (QED) is 0.826. The summed E-state index contributed by atoms with van der Waals surface area (Å²) in [4.78, 5) is 14.8. The van der Waals surface area contributed by atoms with Crippen LogP contribution < -0.4 is 5.32 Å². The summed E-state index contributed by atoms with van der Waals surface area (Å²) >= 11 is 6.14. The Bertz CT molecular complexity index is 586. The van der Waals surface area contributed by atoms with Gasteiger partial charge >= 0.3 is 0 Å². The van der Waals surface area contributed by atoms with Gasteiger partial charge in [0, 0.05) is 25.7 Å². The third-order valence-corrected chi connectivity index (χ3v) is 5.42. The van der Waals surface area contributed by atoms with E-state index in [1.165, 1.54) is 18.9 Å². The molecule has 2 N–H and O–H groups in total. The van der Waals surface area contributed by atoms with Crippen LogP contribution in [0.25, 0.3) is 0 Å². The van der Waals surface area contributed by atoms with Crippen LogP contribution in [0, 0.1) is 5.92 Å². The molecule has 24 heavy (non-hydrogen) atoms. The van der Waals surface area contributed by atoms with E-state index in [-0.39, 0.29) is 23.1 Å². The first-order valence-electron chi connectivity index (χ1n) is 8.62. The minimum Gasteiger partial charge on any atom is -0.390 e. The zero-order chi connectivity index (χ0) is 17.1. The molecule has 1 aliphatic heterocycles. The van der Waals surface area contributed by atoms with Crippen molar-refractivity contribution in [2.45, 2.75) is 44.5 Å². The molecule has 1 aliphatic carbocycles. The van der Waals surface area contributed by atoms with Gasteiger partial charge in [-0.15, -0.1) is 0 Å². The van der Waals surface area contributed by atoms with Crippen molar-refractivity contribution in [2.75, 3.05) is 19.6 Å². The Hall–Kier alpha value is -1.17. The first kappa shape index (κ1) is 17.6. The maximum atomic E-state index is 12.7. The first-order valence-corrected chi connectivity index (χ1v) is 9.00. The summed E-state index contributed by atoms with van der Waals surface area (Å²) in [7, 11) is 0. The molecule has 0 bridgehead atoms. The summed E-state index contributed by atoms with van der Waals surface area (Å²) < 4.78 is 12.7. The van der Waals surface area contributed by atoms with E-state index in [9.17, 15) is 14.3 Å². The van der Waals surface area contributed by atoms with Crippen LogP contribution in [0.4, 0.5) is 4.39 Å². The molecule has 1 unspecified atom stereocenters. The van der Waals surface area contributed by atoms with E-state index in [1.54, 1.807) is 12.1 Å². The Morgan fingerprint density at radius 3 is 2.67 bits per heavy atom. The molecule has 132 valence electrons. The fourth-order valence-corrected chi connectivity index (χ4v) is 4.00. The summed E-state index contributed by atoms with van der Waals surface area (Å²) in [5.41, 5.74) is 0.860. The van der Waals surface area contributed by atoms with Gasteiger partial charge in [0.1, 0.15) is 6.67 Å². The topological polar surface area (TPSA) is 52.6 Å². The molecule has 1 saturated heterocycles. The second-order valence-electron chi connectivity index (χ2n) is 6.94. The number of carbonyl (C=O) groups is 1. The molecule has 1 atom stereocenters. The highest BCUT2D eigenvalue weighted by molar-refractivity contribution is 6.33. The van der Waals surface area contributed by atoms with Crippen LogP contribution in [0.5, 0.6) is 0 Å². The second-order valence-corrected chi connectivity index (χ2v) is 7.35. The van der Waals surface area contributed by atoms with E-state index >= 15 is 0 Å². The molecular formula is C18H24ClFN2O2. The maximum absolute atomic E-state index is 12.7. The lowest BCUT2D eigenvalue weighted by atomic mass is 9.95. The van der Waals surface area contributed by atoms with E-state index in [0.717, 1.165) is 19.4 Å². The van der Waals surface area contributed by atoms with Gasteiger partial charge in [0.15, 0.2) is 0 Å². The van der Waals surface area contributed by atoms with Crippen LogP contribution in [0.1, 0.15) is 41.6 Å². The first-order chi connectivity index (χ1) is 11.6. The van der Waals surface area contributed by atoms with Crippen LogP contribution >= 0.6 is 11.6 Å². The number of hydrogen-bond donors (Lipinski definition) is 2. The van der Waals surface area contributed by atoms with Crippen LogP contribution in [-0.4, -0.2) is 47.7 Å². The van der Waals surface area contributed by atoms with Crippen molar-refractivity contribution in [1.82, 2.24) is 10.2 Å². The fourth-order valence-electron chi connectivity index (χ4n) is 3.71. The average Bonchev–Trinajstić information content (AvgIpc) is 3.06. The Balaban J connectivity index is 1.67. The number of nitrogens with zero attached hydrogens (tertiary/aromatic N) is 1. The summed E-state index contributed by atoms with van der Waals surface area (Å²) in [5.74, 6) is 0.263. The molecule has 1 aromatic rings. The van der Waals surface area contributed by atoms with Crippen molar-refractivity contribution < 1.29 is 14.3 Å². The number of aliphatic hydroxyl groups is 1. The number of alkyl halides is 1. The number of benzene rings is 1. The lowest BCUT2D eigenvalue weighted by molar-refractivity contribution is -0.00620. The number of likely N-dealkylation sites (tertiary alicyclic amines) is 1. The molecule has 0 aromatic heterocycles. The van der Waals surface area contributed by atoms with Gasteiger partial charge in [-0.25, -0.2) is 4.39 Å². The molecule has 1 heterocycles. The zero-order valence-corrected chi connectivity index (χ0v) is 14.4. The van der Waals surface area contributed by atoms with Crippen molar-refractivity contribution >= 4 is 17.5 Å². The Labute approximate surface area is 147 Å². The highest BCUT2D eigenvalue weighted by atomic mass is 35.5. The molecular weight excluding hydrogens is 331 g/mol. The van der Waals surface area contributed by atoms with Crippen molar-refractivity contribution in [3.63, 3.8) is 0 Å². The van der Waals surface area contributed by atoms with Gasteiger partial charge in [0.2, 0.25) is 0 Å². The van der Waals surface area contributed by atoms with Gasteiger partial charge in [-0.3, -0.25) is 9.69 Å². The third-order valence-electron chi connectivity index (χ3n) is 5.11. The van der Waals surface area contributed by atoms with Crippen molar-refractivity contribution in [1.29, 1.82) is 0 Å². The highest BCUT2D eigenvalue weighted by Crippen LogP contribution is 2.29. The number of β-amino-alcohol motifs (C(OH)–C–C–N with tert-alkyl or cyclic N) is 1. The van der Waals surface area contributed by atoms with Crippen LogP contribution in [0.2, 0.25) is 5.02 Å². The van der Waals surface area contributed by atoms with Gasteiger partial charge in [-0.1, -0.05) is 30.5 Å². The normalized spacial score (nSPS) is 20.8. The third kappa shape index (κ3) is 4.08. The number of nitrogens with one attached hydrogen (secondary N) is 1. The van der Waals surface area contributed by atoms with Crippen molar-refractivity contribution in [3.8, 4) is 0 Å². The molecule has 6 heteroatoms. The van der Waals surface area contributed by atoms with Gasteiger partial charge in [-0.2, -0.15) is 0 Å². The number of hydrogen-bond acceptors (Lipinski definition) is 3. The molecule has 2 fully saturated rings. The van der Waals surface area contributed by atoms with E-state index in [1.807, 2.05) is 0 Å². The Kier molecular flexibility index (Phi) is 5.74. The molecule has 4 nitrogen and oxygen atoms in total. The van der Waals surface area contributed by atoms with Gasteiger partial charge in [0.25, 0.3) is 5.91 Å². The van der Waals surface area contributed by atoms with E-state index in [4.69, 9.17) is 11.6 Å². The Morgan fingerprint density at radius 2 is 2.08 bits per heavy atom. The maximum Gasteiger partial charge on any atom is 0.253 e. The second kappa shape index (κ2) is 7.81. The van der Waals surface area contributed by atoms with Crippen molar-refractivity contribution in [2.24, 2.45) is 5.92 Å². The molecule has 1 amide bonds. The number of aliphatic hydroxyl groups excluding tert-OH is 1. The summed E-state index contributed by atoms with van der Waals surface area (Å²) in [5, 5.41) is 12.9. The van der Waals surface area contributed by atoms with E-state index < -0.39 is 6.67 Å². The largest absolute Gasteiger partial charge is 0.390 e. The van der Waals surface area contributed by atoms with Crippen molar-refractivity contribution in [3.05, 3.63) is 34.3 Å². The fraction of sp³-hybridized carbons (Fsp3) is 0.611. The van der Waals surface area contributed by atoms with E-state index in [2.05, 4.69) is 10.2 Å². The summed E-state index contributed by atoms with van der Waals surface area (Å²) in [6.07, 6.45) is 4.40. The SMILES string of the molecule is O=C(NC(CN1CC(O)C1)C1CCCC1)c1ccc(CF)cc1Cl. The average molecular weight is 355 g/mol. The van der Waals surface area contributed by atoms with Gasteiger partial charge in [0.05, 0.1) is 16.7 Å². The molecule has 1 saturated carbocycles. The van der Waals surface area contributed by atoms with Crippen LogP contribution in [-0.2, 0) is 6.67 Å². The smallest absolute Gasteiger partial charge is 0.253 e. The molecule has 3 rings (SSSR count). The summed E-state index contributed by atoms with van der Waals surface area (Å²) in [6, 6.07) is 4.75. The minimum atomic E-state index is -0.594. The van der Waals surface area contributed by atoms with E-state index in [0.29, 0.717) is 30.1 Å². The monoisotopic (exact) mass is 354 g/mol. The van der Waals surface area contributed by atoms with Crippen LogP contribution in [0.15, 0.2) is 18.2 Å². The van der Waals surface area contributed by atoms with Crippen LogP contribution in [0.3, 0.4) is 0 Å². The summed E-state index contributed by atoms with van der Waals surface area (Å²) in [6.45, 7) is 1.51. The predicted molar refractivity (Wildman–Crippen MR) is 91.9 cm³/mol. The number of carbonyl (C=O) groups excluding carboxylic acids is 1. The lowest BCUT2D eigenvalue weighted by Crippen LogP contribution is -2.57.